The van der Waals surface area contributed by atoms with E-state index in [1.807, 2.05) is 38.1 Å². The van der Waals surface area contributed by atoms with Gasteiger partial charge in [-0.25, -0.2) is 0 Å². The second-order valence-corrected chi connectivity index (χ2v) is 4.98. The summed E-state index contributed by atoms with van der Waals surface area (Å²) in [5, 5.41) is 7.74. The molecule has 5 nitrogen and oxygen atoms in total. The first-order chi connectivity index (χ1) is 10.1. The van der Waals surface area contributed by atoms with Crippen LogP contribution in [0.15, 0.2) is 33.2 Å². The molecule has 0 radical (unpaired) electrons. The summed E-state index contributed by atoms with van der Waals surface area (Å²) in [5.74, 6) is 1.17. The summed E-state index contributed by atoms with van der Waals surface area (Å²) < 4.78 is 10.6. The van der Waals surface area contributed by atoms with Gasteiger partial charge in [0.05, 0.1) is 5.69 Å². The number of hydrogen-bond donors (Lipinski definition) is 1. The van der Waals surface area contributed by atoms with E-state index >= 15 is 0 Å². The highest BCUT2D eigenvalue weighted by molar-refractivity contribution is 6.06. The Balaban J connectivity index is 1.90. The third kappa shape index (κ3) is 2.42. The topological polar surface area (TPSA) is 68.3 Å². The minimum absolute atomic E-state index is 0.204. The van der Waals surface area contributed by atoms with Gasteiger partial charge in [0.2, 0.25) is 0 Å². The summed E-state index contributed by atoms with van der Waals surface area (Å²) >= 11 is 0. The molecule has 0 fully saturated rings. The number of aryl methyl sites for hydroxylation is 3. The van der Waals surface area contributed by atoms with Gasteiger partial charge in [0, 0.05) is 11.1 Å². The number of hydrogen-bond acceptors (Lipinski definition) is 4. The van der Waals surface area contributed by atoms with Gasteiger partial charge in [-0.2, -0.15) is 0 Å². The Kier molecular flexibility index (Phi) is 3.25. The fourth-order valence-electron chi connectivity index (χ4n) is 2.40. The Labute approximate surface area is 121 Å². The molecule has 1 amide bonds. The highest BCUT2D eigenvalue weighted by atomic mass is 16.5. The standard InChI is InChI=1S/C16H16N2O3/c1-4-13-15(10(3)21-18-13)16(19)17-12-5-6-14-11(8-12)7-9(2)20-14/h5-8H,4H2,1-3H3,(H,17,19). The highest BCUT2D eigenvalue weighted by Crippen LogP contribution is 2.23. The number of carbonyl (C=O) groups is 1. The number of anilines is 1. The average Bonchev–Trinajstić information content (AvgIpc) is 2.99. The maximum atomic E-state index is 12.4. The predicted octanol–water partition coefficient (Wildman–Crippen LogP) is 3.85. The molecule has 2 aromatic heterocycles. The van der Waals surface area contributed by atoms with E-state index < -0.39 is 0 Å². The van der Waals surface area contributed by atoms with Gasteiger partial charge in [-0.1, -0.05) is 12.1 Å². The fraction of sp³-hybridized carbons (Fsp3) is 0.250. The van der Waals surface area contributed by atoms with Crippen molar-refractivity contribution in [3.63, 3.8) is 0 Å². The molecule has 0 saturated heterocycles. The summed E-state index contributed by atoms with van der Waals surface area (Å²) in [6.45, 7) is 5.57. The van der Waals surface area contributed by atoms with Gasteiger partial charge in [-0.3, -0.25) is 4.79 Å². The van der Waals surface area contributed by atoms with Gasteiger partial charge in [0.25, 0.3) is 5.91 Å². The second kappa shape index (κ2) is 5.09. The molecule has 0 aliphatic heterocycles. The Bertz CT molecular complexity index is 814. The van der Waals surface area contributed by atoms with Gasteiger partial charge < -0.3 is 14.3 Å². The number of fused-ring (bicyclic) bond motifs is 1. The van der Waals surface area contributed by atoms with Crippen molar-refractivity contribution in [1.82, 2.24) is 5.16 Å². The molecule has 0 atom stereocenters. The molecule has 108 valence electrons. The highest BCUT2D eigenvalue weighted by Gasteiger charge is 2.19. The van der Waals surface area contributed by atoms with Crippen LogP contribution in [0.5, 0.6) is 0 Å². The molecule has 3 aromatic rings. The van der Waals surface area contributed by atoms with E-state index in [1.54, 1.807) is 6.92 Å². The van der Waals surface area contributed by atoms with Crippen LogP contribution in [0.3, 0.4) is 0 Å². The van der Waals surface area contributed by atoms with Crippen LogP contribution >= 0.6 is 0 Å². The molecule has 0 aliphatic rings. The van der Waals surface area contributed by atoms with Crippen LogP contribution in [0.2, 0.25) is 0 Å². The van der Waals surface area contributed by atoms with Crippen LogP contribution in [-0.2, 0) is 6.42 Å². The van der Waals surface area contributed by atoms with Crippen molar-refractivity contribution in [3.05, 3.63) is 47.0 Å². The first-order valence-electron chi connectivity index (χ1n) is 6.85. The van der Waals surface area contributed by atoms with Crippen molar-refractivity contribution in [2.75, 3.05) is 5.32 Å². The average molecular weight is 284 g/mol. The lowest BCUT2D eigenvalue weighted by Gasteiger charge is -2.05. The number of nitrogens with zero attached hydrogens (tertiary/aromatic N) is 1. The minimum Gasteiger partial charge on any atom is -0.461 e. The molecule has 0 saturated carbocycles. The molecule has 3 rings (SSSR count). The summed E-state index contributed by atoms with van der Waals surface area (Å²) in [6, 6.07) is 7.49. The molecule has 0 aliphatic carbocycles. The number of rotatable bonds is 3. The summed E-state index contributed by atoms with van der Waals surface area (Å²) in [7, 11) is 0. The third-order valence-corrected chi connectivity index (χ3v) is 3.39. The molecule has 2 heterocycles. The SMILES string of the molecule is CCc1noc(C)c1C(=O)Nc1ccc2oc(C)cc2c1. The van der Waals surface area contributed by atoms with Crippen molar-refractivity contribution < 1.29 is 13.7 Å². The Morgan fingerprint density at radius 3 is 2.86 bits per heavy atom. The van der Waals surface area contributed by atoms with Gasteiger partial charge in [0.15, 0.2) is 0 Å². The van der Waals surface area contributed by atoms with E-state index in [2.05, 4.69) is 10.5 Å². The van der Waals surface area contributed by atoms with Crippen LogP contribution in [0.25, 0.3) is 11.0 Å². The zero-order valence-corrected chi connectivity index (χ0v) is 12.2. The fourth-order valence-corrected chi connectivity index (χ4v) is 2.40. The molecule has 0 unspecified atom stereocenters. The van der Waals surface area contributed by atoms with E-state index in [9.17, 15) is 4.79 Å². The van der Waals surface area contributed by atoms with Gasteiger partial charge in [-0.15, -0.1) is 0 Å². The zero-order valence-electron chi connectivity index (χ0n) is 12.2. The van der Waals surface area contributed by atoms with Crippen LogP contribution in [0, 0.1) is 13.8 Å². The first kappa shape index (κ1) is 13.4. The maximum Gasteiger partial charge on any atom is 0.261 e. The van der Waals surface area contributed by atoms with Crippen LogP contribution in [0.4, 0.5) is 5.69 Å². The molecule has 0 bridgehead atoms. The number of aromatic nitrogens is 1. The Hall–Kier alpha value is -2.56. The summed E-state index contributed by atoms with van der Waals surface area (Å²) in [5.41, 5.74) is 2.71. The smallest absolute Gasteiger partial charge is 0.261 e. The summed E-state index contributed by atoms with van der Waals surface area (Å²) in [4.78, 5) is 12.4. The molecule has 1 aromatic carbocycles. The van der Waals surface area contributed by atoms with Crippen molar-refractivity contribution in [2.24, 2.45) is 0 Å². The predicted molar refractivity (Wildman–Crippen MR) is 79.5 cm³/mol. The summed E-state index contributed by atoms with van der Waals surface area (Å²) in [6.07, 6.45) is 0.653. The molecule has 1 N–H and O–H groups in total. The quantitative estimate of drug-likeness (QED) is 0.793. The van der Waals surface area contributed by atoms with E-state index in [0.717, 1.165) is 22.4 Å². The number of furan rings is 1. The number of nitrogens with one attached hydrogen (secondary N) is 1. The van der Waals surface area contributed by atoms with Crippen LogP contribution in [-0.4, -0.2) is 11.1 Å². The van der Waals surface area contributed by atoms with Crippen molar-refractivity contribution in [2.45, 2.75) is 27.2 Å². The van der Waals surface area contributed by atoms with Gasteiger partial charge >= 0.3 is 0 Å². The first-order valence-corrected chi connectivity index (χ1v) is 6.85. The van der Waals surface area contributed by atoms with Crippen molar-refractivity contribution in [1.29, 1.82) is 0 Å². The third-order valence-electron chi connectivity index (χ3n) is 3.39. The van der Waals surface area contributed by atoms with Crippen molar-refractivity contribution >= 4 is 22.6 Å². The van der Waals surface area contributed by atoms with E-state index in [0.29, 0.717) is 23.4 Å². The van der Waals surface area contributed by atoms with E-state index in [4.69, 9.17) is 8.94 Å². The minimum atomic E-state index is -0.204. The lowest BCUT2D eigenvalue weighted by atomic mass is 10.1. The molecular formula is C16H16N2O3. The lowest BCUT2D eigenvalue weighted by Crippen LogP contribution is -2.14. The number of carbonyl (C=O) groups excluding carboxylic acids is 1. The van der Waals surface area contributed by atoms with E-state index in [-0.39, 0.29) is 5.91 Å². The van der Waals surface area contributed by atoms with Crippen molar-refractivity contribution in [3.8, 4) is 0 Å². The molecule has 21 heavy (non-hydrogen) atoms. The second-order valence-electron chi connectivity index (χ2n) is 4.98. The Morgan fingerprint density at radius 2 is 2.10 bits per heavy atom. The van der Waals surface area contributed by atoms with Crippen LogP contribution in [0.1, 0.15) is 34.5 Å². The Morgan fingerprint density at radius 1 is 1.29 bits per heavy atom. The van der Waals surface area contributed by atoms with Gasteiger partial charge in [-0.05, 0) is 44.5 Å². The van der Waals surface area contributed by atoms with Gasteiger partial charge in [0.1, 0.15) is 22.7 Å². The zero-order chi connectivity index (χ0) is 15.0. The lowest BCUT2D eigenvalue weighted by molar-refractivity contribution is 0.102. The number of amides is 1. The molecule has 0 spiro atoms. The van der Waals surface area contributed by atoms with E-state index in [1.165, 1.54) is 0 Å². The normalized spacial score (nSPS) is 11.0. The number of benzene rings is 1. The monoisotopic (exact) mass is 284 g/mol. The van der Waals surface area contributed by atoms with Crippen LogP contribution < -0.4 is 5.32 Å². The molecule has 5 heteroatoms. The largest absolute Gasteiger partial charge is 0.461 e. The molecular weight excluding hydrogens is 268 g/mol. The maximum absolute atomic E-state index is 12.4.